The zero-order valence-corrected chi connectivity index (χ0v) is 14.8. The number of rotatable bonds is 2. The molecule has 0 aromatic heterocycles. The minimum absolute atomic E-state index is 0.175. The summed E-state index contributed by atoms with van der Waals surface area (Å²) in [6, 6.07) is 0. The van der Waals surface area contributed by atoms with E-state index >= 15 is 0 Å². The van der Waals surface area contributed by atoms with Crippen molar-refractivity contribution in [1.29, 1.82) is 0 Å². The maximum absolute atomic E-state index is 11.8. The molecule has 4 aliphatic rings. The summed E-state index contributed by atoms with van der Waals surface area (Å²) >= 11 is 0. The molecule has 0 heterocycles. The molecule has 0 bridgehead atoms. The molecular formula is C21H32O2. The van der Waals surface area contributed by atoms with E-state index in [1.54, 1.807) is 0 Å². The Kier molecular flexibility index (Phi) is 3.75. The van der Waals surface area contributed by atoms with Crippen LogP contribution in [0.5, 0.6) is 0 Å². The maximum atomic E-state index is 11.8. The minimum Gasteiger partial charge on any atom is -0.389 e. The first-order chi connectivity index (χ1) is 11.0. The normalized spacial score (nSPS) is 49.2. The Morgan fingerprint density at radius 3 is 2.61 bits per heavy atom. The first-order valence-electron chi connectivity index (χ1n) is 10.0. The number of allylic oxidation sites excluding steroid dienone is 1. The van der Waals surface area contributed by atoms with E-state index in [-0.39, 0.29) is 5.41 Å². The molecule has 128 valence electrons. The average Bonchev–Trinajstić information content (AvgIpc) is 2.88. The van der Waals surface area contributed by atoms with E-state index in [1.807, 2.05) is 6.08 Å². The molecule has 0 saturated heterocycles. The molecule has 2 heteroatoms. The van der Waals surface area contributed by atoms with Gasteiger partial charge in [-0.2, -0.15) is 0 Å². The quantitative estimate of drug-likeness (QED) is 0.804. The van der Waals surface area contributed by atoms with Gasteiger partial charge in [0, 0.05) is 11.8 Å². The first kappa shape index (κ1) is 15.9. The van der Waals surface area contributed by atoms with E-state index in [0.717, 1.165) is 56.3 Å². The molecule has 0 amide bonds. The lowest BCUT2D eigenvalue weighted by molar-refractivity contribution is -0.132. The van der Waals surface area contributed by atoms with Gasteiger partial charge in [0.2, 0.25) is 0 Å². The maximum Gasteiger partial charge on any atom is 0.155 e. The topological polar surface area (TPSA) is 37.3 Å². The van der Waals surface area contributed by atoms with Gasteiger partial charge < -0.3 is 5.11 Å². The van der Waals surface area contributed by atoms with Gasteiger partial charge in [-0.15, -0.1) is 0 Å². The van der Waals surface area contributed by atoms with Gasteiger partial charge in [-0.3, -0.25) is 4.79 Å². The van der Waals surface area contributed by atoms with Crippen molar-refractivity contribution in [3.8, 4) is 0 Å². The number of ketones is 1. The average molecular weight is 316 g/mol. The summed E-state index contributed by atoms with van der Waals surface area (Å²) in [5.74, 6) is 3.33. The predicted molar refractivity (Wildman–Crippen MR) is 92.0 cm³/mol. The highest BCUT2D eigenvalue weighted by molar-refractivity contribution is 5.91. The van der Waals surface area contributed by atoms with Crippen LogP contribution in [0.4, 0.5) is 0 Å². The zero-order valence-electron chi connectivity index (χ0n) is 14.8. The van der Waals surface area contributed by atoms with Crippen LogP contribution in [0.25, 0.3) is 0 Å². The van der Waals surface area contributed by atoms with Crippen LogP contribution in [0.3, 0.4) is 0 Å². The summed E-state index contributed by atoms with van der Waals surface area (Å²) in [6.07, 6.45) is 13.0. The van der Waals surface area contributed by atoms with E-state index < -0.39 is 5.60 Å². The Hall–Kier alpha value is -0.630. The van der Waals surface area contributed by atoms with Crippen molar-refractivity contribution in [2.45, 2.75) is 83.7 Å². The fourth-order valence-electron chi connectivity index (χ4n) is 7.40. The molecule has 4 rings (SSSR count). The lowest BCUT2D eigenvalue weighted by Gasteiger charge is -2.57. The summed E-state index contributed by atoms with van der Waals surface area (Å²) in [7, 11) is 0. The molecule has 0 radical (unpaired) electrons. The van der Waals surface area contributed by atoms with Crippen LogP contribution < -0.4 is 0 Å². The molecule has 6 atom stereocenters. The highest BCUT2D eigenvalue weighted by Gasteiger charge is 2.62. The van der Waals surface area contributed by atoms with Crippen molar-refractivity contribution in [1.82, 2.24) is 0 Å². The zero-order chi connectivity index (χ0) is 16.2. The molecule has 6 unspecified atom stereocenters. The van der Waals surface area contributed by atoms with Crippen LogP contribution in [-0.2, 0) is 4.79 Å². The van der Waals surface area contributed by atoms with Crippen molar-refractivity contribution < 1.29 is 9.90 Å². The molecule has 0 spiro atoms. The molecule has 4 aliphatic carbocycles. The van der Waals surface area contributed by atoms with E-state index in [9.17, 15) is 9.90 Å². The summed E-state index contributed by atoms with van der Waals surface area (Å²) in [5, 5.41) is 11.3. The van der Waals surface area contributed by atoms with Crippen molar-refractivity contribution in [3.63, 3.8) is 0 Å². The van der Waals surface area contributed by atoms with Crippen LogP contribution in [0, 0.1) is 29.1 Å². The van der Waals surface area contributed by atoms with Crippen molar-refractivity contribution in [2.24, 2.45) is 29.1 Å². The predicted octanol–water partition coefficient (Wildman–Crippen LogP) is 4.66. The molecule has 23 heavy (non-hydrogen) atoms. The van der Waals surface area contributed by atoms with Crippen molar-refractivity contribution in [2.75, 3.05) is 0 Å². The molecule has 2 nitrogen and oxygen atoms in total. The van der Waals surface area contributed by atoms with Crippen molar-refractivity contribution in [3.05, 3.63) is 11.6 Å². The summed E-state index contributed by atoms with van der Waals surface area (Å²) < 4.78 is 0. The number of carbonyl (C=O) groups is 1. The molecule has 0 aromatic carbocycles. The SMILES string of the molecule is CCC1(O)CCC2C3CCC4=CC(=O)CCC4C3CCC21CC. The van der Waals surface area contributed by atoms with Crippen LogP contribution in [0.2, 0.25) is 0 Å². The van der Waals surface area contributed by atoms with Gasteiger partial charge in [-0.1, -0.05) is 19.4 Å². The van der Waals surface area contributed by atoms with Crippen LogP contribution in [0.15, 0.2) is 11.6 Å². The Bertz CT molecular complexity index is 536. The van der Waals surface area contributed by atoms with Gasteiger partial charge in [0.1, 0.15) is 0 Å². The fourth-order valence-corrected chi connectivity index (χ4v) is 7.40. The molecule has 3 fully saturated rings. The molecule has 0 aromatic rings. The Balaban J connectivity index is 1.65. The molecule has 1 N–H and O–H groups in total. The van der Waals surface area contributed by atoms with E-state index in [1.165, 1.54) is 31.3 Å². The Morgan fingerprint density at radius 2 is 1.87 bits per heavy atom. The second-order valence-electron chi connectivity index (χ2n) is 8.78. The molecule has 0 aliphatic heterocycles. The number of aliphatic hydroxyl groups is 1. The van der Waals surface area contributed by atoms with Gasteiger partial charge in [0.25, 0.3) is 0 Å². The smallest absolute Gasteiger partial charge is 0.155 e. The van der Waals surface area contributed by atoms with Gasteiger partial charge in [-0.25, -0.2) is 0 Å². The largest absolute Gasteiger partial charge is 0.389 e. The summed E-state index contributed by atoms with van der Waals surface area (Å²) in [6.45, 7) is 4.49. The second-order valence-corrected chi connectivity index (χ2v) is 8.78. The van der Waals surface area contributed by atoms with E-state index in [0.29, 0.717) is 11.7 Å². The van der Waals surface area contributed by atoms with Crippen LogP contribution >= 0.6 is 0 Å². The summed E-state index contributed by atoms with van der Waals surface area (Å²) in [4.78, 5) is 11.8. The van der Waals surface area contributed by atoms with Gasteiger partial charge >= 0.3 is 0 Å². The monoisotopic (exact) mass is 316 g/mol. The third-order valence-corrected chi connectivity index (χ3v) is 8.52. The first-order valence-corrected chi connectivity index (χ1v) is 10.0. The third-order valence-electron chi connectivity index (χ3n) is 8.52. The lowest BCUT2D eigenvalue weighted by Crippen LogP contribution is -2.53. The number of hydrogen-bond acceptors (Lipinski definition) is 2. The number of fused-ring (bicyclic) bond motifs is 5. The minimum atomic E-state index is -0.421. The molecule has 3 saturated carbocycles. The Labute approximate surface area is 140 Å². The van der Waals surface area contributed by atoms with Gasteiger partial charge in [0.15, 0.2) is 5.78 Å². The van der Waals surface area contributed by atoms with Gasteiger partial charge in [-0.05, 0) is 87.5 Å². The lowest BCUT2D eigenvalue weighted by atomic mass is 9.49. The highest BCUT2D eigenvalue weighted by atomic mass is 16.3. The van der Waals surface area contributed by atoms with E-state index in [2.05, 4.69) is 13.8 Å². The van der Waals surface area contributed by atoms with E-state index in [4.69, 9.17) is 0 Å². The fraction of sp³-hybridized carbons (Fsp3) is 0.857. The van der Waals surface area contributed by atoms with Crippen LogP contribution in [0.1, 0.15) is 78.1 Å². The second kappa shape index (κ2) is 5.44. The summed E-state index contributed by atoms with van der Waals surface area (Å²) in [5.41, 5.74) is 1.22. The number of carbonyl (C=O) groups excluding carboxylic acids is 1. The third kappa shape index (κ3) is 2.06. The van der Waals surface area contributed by atoms with Gasteiger partial charge in [0.05, 0.1) is 5.60 Å². The number of hydrogen-bond donors (Lipinski definition) is 1. The molecular weight excluding hydrogens is 284 g/mol. The standard InChI is InChI=1S/C21H32O2/c1-3-20-11-9-17-16-8-6-15(22)13-14(16)5-7-18(17)19(20)10-12-21(20,23)4-2/h13,16-19,23H,3-12H2,1-2H3. The van der Waals surface area contributed by atoms with Crippen LogP contribution in [-0.4, -0.2) is 16.5 Å². The van der Waals surface area contributed by atoms with Crippen molar-refractivity contribution >= 4 is 5.78 Å². The highest BCUT2D eigenvalue weighted by Crippen LogP contribution is 2.66. The Morgan fingerprint density at radius 1 is 1.04 bits per heavy atom.